The Balaban J connectivity index is 3.57. The Labute approximate surface area is 76.5 Å². The molecule has 1 atom stereocenters. The second kappa shape index (κ2) is 7.35. The molecule has 1 nitrogen and oxygen atoms in total. The van der Waals surface area contributed by atoms with Crippen LogP contribution in [0.3, 0.4) is 0 Å². The molecule has 0 radical (unpaired) electrons. The molecule has 0 spiro atoms. The summed E-state index contributed by atoms with van der Waals surface area (Å²) in [5, 5.41) is 8.79. The fraction of sp³-hybridized carbons (Fsp3) is 0.818. The number of allylic oxidation sites excluding steroid dienone is 2. The monoisotopic (exact) mass is 170 g/mol. The van der Waals surface area contributed by atoms with E-state index in [1.807, 2.05) is 0 Å². The Morgan fingerprint density at radius 1 is 1.33 bits per heavy atom. The summed E-state index contributed by atoms with van der Waals surface area (Å²) in [5.74, 6) is 0.455. The van der Waals surface area contributed by atoms with Gasteiger partial charge in [-0.05, 0) is 31.6 Å². The highest BCUT2D eigenvalue weighted by Gasteiger charge is 1.97. The summed E-state index contributed by atoms with van der Waals surface area (Å²) in [6.07, 6.45) is 6.90. The number of rotatable bonds is 6. The second-order valence-electron chi connectivity index (χ2n) is 3.43. The van der Waals surface area contributed by atoms with Crippen LogP contribution >= 0.6 is 0 Å². The molecule has 0 aromatic carbocycles. The van der Waals surface area contributed by atoms with Crippen LogP contribution in [0.1, 0.15) is 46.5 Å². The molecule has 0 heterocycles. The highest BCUT2D eigenvalue weighted by molar-refractivity contribution is 4.99. The predicted molar refractivity (Wildman–Crippen MR) is 54.1 cm³/mol. The number of aliphatic hydroxyl groups excluding tert-OH is 1. The Hall–Kier alpha value is -0.300. The van der Waals surface area contributed by atoms with Crippen molar-refractivity contribution in [1.29, 1.82) is 0 Å². The van der Waals surface area contributed by atoms with Crippen LogP contribution in [-0.2, 0) is 0 Å². The van der Waals surface area contributed by atoms with E-state index in [-0.39, 0.29) is 0 Å². The SMILES string of the molecule is CCC(=CCCC(C)CO)CC. The minimum atomic E-state index is 0.321. The van der Waals surface area contributed by atoms with E-state index in [2.05, 4.69) is 26.8 Å². The average molecular weight is 170 g/mol. The minimum Gasteiger partial charge on any atom is -0.396 e. The van der Waals surface area contributed by atoms with Crippen LogP contribution in [0.15, 0.2) is 11.6 Å². The zero-order valence-electron chi connectivity index (χ0n) is 8.64. The highest BCUT2D eigenvalue weighted by Crippen LogP contribution is 2.11. The van der Waals surface area contributed by atoms with E-state index >= 15 is 0 Å². The van der Waals surface area contributed by atoms with Crippen molar-refractivity contribution in [2.45, 2.75) is 46.5 Å². The first kappa shape index (κ1) is 11.7. The Morgan fingerprint density at radius 3 is 2.33 bits per heavy atom. The van der Waals surface area contributed by atoms with Gasteiger partial charge in [-0.25, -0.2) is 0 Å². The summed E-state index contributed by atoms with van der Waals surface area (Å²) < 4.78 is 0. The average Bonchev–Trinajstić information content (AvgIpc) is 2.12. The molecule has 0 aliphatic rings. The van der Waals surface area contributed by atoms with E-state index in [4.69, 9.17) is 5.11 Å². The molecular weight excluding hydrogens is 148 g/mol. The zero-order chi connectivity index (χ0) is 9.40. The number of hydrogen-bond acceptors (Lipinski definition) is 1. The second-order valence-corrected chi connectivity index (χ2v) is 3.43. The molecule has 1 N–H and O–H groups in total. The van der Waals surface area contributed by atoms with Gasteiger partial charge in [-0.2, -0.15) is 0 Å². The van der Waals surface area contributed by atoms with Crippen molar-refractivity contribution in [3.8, 4) is 0 Å². The molecule has 72 valence electrons. The van der Waals surface area contributed by atoms with Crippen LogP contribution in [0, 0.1) is 5.92 Å². The lowest BCUT2D eigenvalue weighted by Crippen LogP contribution is -1.99. The third kappa shape index (κ3) is 5.36. The molecule has 0 amide bonds. The minimum absolute atomic E-state index is 0.321. The van der Waals surface area contributed by atoms with Crippen molar-refractivity contribution in [1.82, 2.24) is 0 Å². The predicted octanol–water partition coefficient (Wildman–Crippen LogP) is 3.14. The van der Waals surface area contributed by atoms with Gasteiger partial charge in [0.15, 0.2) is 0 Å². The molecule has 0 saturated carbocycles. The van der Waals surface area contributed by atoms with Crippen LogP contribution in [0.4, 0.5) is 0 Å². The van der Waals surface area contributed by atoms with Crippen molar-refractivity contribution in [2.75, 3.05) is 6.61 Å². The third-order valence-electron chi connectivity index (χ3n) is 2.31. The molecular formula is C11H22O. The fourth-order valence-corrected chi connectivity index (χ4v) is 1.20. The maximum Gasteiger partial charge on any atom is 0.0456 e. The molecule has 0 aliphatic heterocycles. The van der Waals surface area contributed by atoms with Gasteiger partial charge in [0.1, 0.15) is 0 Å². The summed E-state index contributed by atoms with van der Waals surface area (Å²) in [4.78, 5) is 0. The van der Waals surface area contributed by atoms with Crippen LogP contribution in [0.2, 0.25) is 0 Å². The standard InChI is InChI=1S/C11H22O/c1-4-11(5-2)8-6-7-10(3)9-12/h8,10,12H,4-7,9H2,1-3H3. The molecule has 0 rings (SSSR count). The van der Waals surface area contributed by atoms with Crippen molar-refractivity contribution in [3.05, 3.63) is 11.6 Å². The third-order valence-corrected chi connectivity index (χ3v) is 2.31. The quantitative estimate of drug-likeness (QED) is 0.607. The maximum atomic E-state index is 8.79. The van der Waals surface area contributed by atoms with Gasteiger partial charge < -0.3 is 5.11 Å². The van der Waals surface area contributed by atoms with Crippen molar-refractivity contribution in [3.63, 3.8) is 0 Å². The largest absolute Gasteiger partial charge is 0.396 e. The molecule has 0 fully saturated rings. The molecule has 1 unspecified atom stereocenters. The first-order chi connectivity index (χ1) is 5.74. The zero-order valence-corrected chi connectivity index (χ0v) is 8.64. The van der Waals surface area contributed by atoms with Gasteiger partial charge in [0.25, 0.3) is 0 Å². The van der Waals surface area contributed by atoms with Gasteiger partial charge in [0, 0.05) is 6.61 Å². The van der Waals surface area contributed by atoms with E-state index in [0.29, 0.717) is 12.5 Å². The molecule has 0 aromatic heterocycles. The Bertz CT molecular complexity index is 121. The van der Waals surface area contributed by atoms with Gasteiger partial charge in [-0.1, -0.05) is 32.4 Å². The molecule has 0 bridgehead atoms. The van der Waals surface area contributed by atoms with Crippen molar-refractivity contribution < 1.29 is 5.11 Å². The normalized spacial score (nSPS) is 12.7. The Kier molecular flexibility index (Phi) is 7.17. The van der Waals surface area contributed by atoms with E-state index in [9.17, 15) is 0 Å². The molecule has 0 aromatic rings. The van der Waals surface area contributed by atoms with Crippen molar-refractivity contribution in [2.24, 2.45) is 5.92 Å². The van der Waals surface area contributed by atoms with E-state index in [1.165, 1.54) is 12.8 Å². The summed E-state index contributed by atoms with van der Waals surface area (Å²) in [6.45, 7) is 6.81. The molecule has 0 aliphatic carbocycles. The number of aliphatic hydroxyl groups is 1. The highest BCUT2D eigenvalue weighted by atomic mass is 16.3. The first-order valence-corrected chi connectivity index (χ1v) is 5.03. The van der Waals surface area contributed by atoms with Gasteiger partial charge in [-0.3, -0.25) is 0 Å². The van der Waals surface area contributed by atoms with Gasteiger partial charge >= 0.3 is 0 Å². The lowest BCUT2D eigenvalue weighted by Gasteiger charge is -2.05. The molecule has 12 heavy (non-hydrogen) atoms. The lowest BCUT2D eigenvalue weighted by atomic mass is 10.0. The summed E-state index contributed by atoms with van der Waals surface area (Å²) in [5.41, 5.74) is 1.54. The van der Waals surface area contributed by atoms with Crippen LogP contribution in [0.25, 0.3) is 0 Å². The molecule has 0 saturated heterocycles. The lowest BCUT2D eigenvalue weighted by molar-refractivity contribution is 0.231. The number of hydrogen-bond donors (Lipinski definition) is 1. The van der Waals surface area contributed by atoms with E-state index in [1.54, 1.807) is 5.57 Å². The van der Waals surface area contributed by atoms with Crippen LogP contribution in [-0.4, -0.2) is 11.7 Å². The van der Waals surface area contributed by atoms with Crippen LogP contribution in [0.5, 0.6) is 0 Å². The van der Waals surface area contributed by atoms with Crippen molar-refractivity contribution >= 4 is 0 Å². The summed E-state index contributed by atoms with van der Waals surface area (Å²) in [7, 11) is 0. The Morgan fingerprint density at radius 2 is 1.92 bits per heavy atom. The summed E-state index contributed by atoms with van der Waals surface area (Å²) in [6, 6.07) is 0. The van der Waals surface area contributed by atoms with E-state index in [0.717, 1.165) is 12.8 Å². The van der Waals surface area contributed by atoms with Crippen LogP contribution < -0.4 is 0 Å². The van der Waals surface area contributed by atoms with Gasteiger partial charge in [-0.15, -0.1) is 0 Å². The van der Waals surface area contributed by atoms with E-state index < -0.39 is 0 Å². The summed E-state index contributed by atoms with van der Waals surface area (Å²) >= 11 is 0. The topological polar surface area (TPSA) is 20.2 Å². The fourth-order valence-electron chi connectivity index (χ4n) is 1.20. The molecule has 1 heteroatoms. The van der Waals surface area contributed by atoms with Gasteiger partial charge in [0.2, 0.25) is 0 Å². The maximum absolute atomic E-state index is 8.79. The van der Waals surface area contributed by atoms with Gasteiger partial charge in [0.05, 0.1) is 0 Å². The smallest absolute Gasteiger partial charge is 0.0456 e. The first-order valence-electron chi connectivity index (χ1n) is 5.03.